The van der Waals surface area contributed by atoms with Crippen LogP contribution in [0.1, 0.15) is 16.1 Å². The highest BCUT2D eigenvalue weighted by Gasteiger charge is 2.28. The molecule has 1 aromatic heterocycles. The molecule has 1 aromatic carbocycles. The van der Waals surface area contributed by atoms with Crippen molar-refractivity contribution < 1.29 is 27.1 Å². The highest BCUT2D eigenvalue weighted by atomic mass is 32.2. The van der Waals surface area contributed by atoms with Gasteiger partial charge in [-0.15, -0.1) is 11.3 Å². The molecular formula is C19H23FN4O5S2. The number of anilines is 1. The molecule has 1 amide bonds. The summed E-state index contributed by atoms with van der Waals surface area (Å²) in [7, 11) is -3.84. The lowest BCUT2D eigenvalue weighted by atomic mass is 10.2. The second kappa shape index (κ2) is 9.67. The molecule has 0 atom stereocenters. The van der Waals surface area contributed by atoms with Crippen LogP contribution in [-0.4, -0.2) is 81.1 Å². The van der Waals surface area contributed by atoms with Gasteiger partial charge in [-0.1, -0.05) is 0 Å². The predicted molar refractivity (Wildman–Crippen MR) is 112 cm³/mol. The molecule has 9 nitrogen and oxygen atoms in total. The van der Waals surface area contributed by atoms with E-state index in [9.17, 15) is 17.6 Å². The van der Waals surface area contributed by atoms with E-state index in [1.54, 1.807) is 0 Å². The Morgan fingerprint density at radius 3 is 2.52 bits per heavy atom. The van der Waals surface area contributed by atoms with Crippen molar-refractivity contribution in [3.05, 3.63) is 40.7 Å². The molecule has 2 aliphatic heterocycles. The van der Waals surface area contributed by atoms with Gasteiger partial charge >= 0.3 is 0 Å². The van der Waals surface area contributed by atoms with Crippen LogP contribution in [0.3, 0.4) is 0 Å². The summed E-state index contributed by atoms with van der Waals surface area (Å²) in [6.07, 6.45) is 0. The summed E-state index contributed by atoms with van der Waals surface area (Å²) in [5.74, 6) is -1.55. The Morgan fingerprint density at radius 2 is 1.81 bits per heavy atom. The lowest BCUT2D eigenvalue weighted by Crippen LogP contribution is -2.40. The van der Waals surface area contributed by atoms with Gasteiger partial charge in [0, 0.05) is 38.1 Å². The van der Waals surface area contributed by atoms with Gasteiger partial charge in [-0.05, 0) is 18.2 Å². The standard InChI is InChI=1S/C19H23FN4O5S2/c20-17-2-1-15(31(26,27)24-5-9-29-10-6-24)11-16(17)18(25)22-19-21-14(13-30-19)12-23-3-7-28-8-4-23/h1-2,11,13H,3-10,12H2,(H,21,22,25). The largest absolute Gasteiger partial charge is 0.379 e. The van der Waals surface area contributed by atoms with E-state index in [0.29, 0.717) is 38.1 Å². The minimum Gasteiger partial charge on any atom is -0.379 e. The summed E-state index contributed by atoms with van der Waals surface area (Å²) in [5.41, 5.74) is 0.450. The molecule has 2 aliphatic rings. The fourth-order valence-corrected chi connectivity index (χ4v) is 5.50. The lowest BCUT2D eigenvalue weighted by molar-refractivity contribution is 0.0337. The molecule has 168 valence electrons. The normalized spacial score (nSPS) is 18.7. The minimum atomic E-state index is -3.84. The third-order valence-electron chi connectivity index (χ3n) is 5.05. The van der Waals surface area contributed by atoms with Crippen LogP contribution in [0.5, 0.6) is 0 Å². The van der Waals surface area contributed by atoms with Crippen LogP contribution in [0.4, 0.5) is 9.52 Å². The zero-order chi connectivity index (χ0) is 21.8. The van der Waals surface area contributed by atoms with E-state index in [1.165, 1.54) is 21.7 Å². The molecule has 2 saturated heterocycles. The number of nitrogens with one attached hydrogen (secondary N) is 1. The zero-order valence-electron chi connectivity index (χ0n) is 16.8. The van der Waals surface area contributed by atoms with Crippen LogP contribution >= 0.6 is 11.3 Å². The first-order chi connectivity index (χ1) is 14.9. The Bertz CT molecular complexity index is 1030. The van der Waals surface area contributed by atoms with Crippen LogP contribution < -0.4 is 5.32 Å². The summed E-state index contributed by atoms with van der Waals surface area (Å²) in [4.78, 5) is 19.1. The van der Waals surface area contributed by atoms with Crippen molar-refractivity contribution in [1.29, 1.82) is 0 Å². The maximum absolute atomic E-state index is 14.3. The summed E-state index contributed by atoms with van der Waals surface area (Å²) in [6, 6.07) is 3.23. The molecule has 2 aromatic rings. The first-order valence-corrected chi connectivity index (χ1v) is 12.2. The second-order valence-electron chi connectivity index (χ2n) is 7.14. The second-order valence-corrected chi connectivity index (χ2v) is 9.94. The number of hydrogen-bond acceptors (Lipinski definition) is 8. The van der Waals surface area contributed by atoms with E-state index in [-0.39, 0.29) is 23.5 Å². The number of sulfonamides is 1. The minimum absolute atomic E-state index is 0.131. The van der Waals surface area contributed by atoms with Gasteiger partial charge in [0.05, 0.1) is 42.6 Å². The average Bonchev–Trinajstić information content (AvgIpc) is 3.21. The van der Waals surface area contributed by atoms with Crippen LogP contribution in [0.25, 0.3) is 0 Å². The topological polar surface area (TPSA) is 101 Å². The van der Waals surface area contributed by atoms with Crippen LogP contribution in [0.15, 0.2) is 28.5 Å². The molecule has 0 spiro atoms. The molecule has 0 aliphatic carbocycles. The number of halogens is 1. The molecule has 3 heterocycles. The van der Waals surface area contributed by atoms with E-state index in [2.05, 4.69) is 15.2 Å². The summed E-state index contributed by atoms with van der Waals surface area (Å²) in [5, 5.41) is 4.73. The number of benzene rings is 1. The monoisotopic (exact) mass is 470 g/mol. The summed E-state index contributed by atoms with van der Waals surface area (Å²) < 4.78 is 51.8. The lowest BCUT2D eigenvalue weighted by Gasteiger charge is -2.26. The van der Waals surface area contributed by atoms with Crippen LogP contribution in [0.2, 0.25) is 0 Å². The first-order valence-electron chi connectivity index (χ1n) is 9.87. The summed E-state index contributed by atoms with van der Waals surface area (Å²) in [6.45, 7) is 4.64. The molecule has 1 N–H and O–H groups in total. The number of hydrogen-bond donors (Lipinski definition) is 1. The van der Waals surface area contributed by atoms with Crippen LogP contribution in [0, 0.1) is 5.82 Å². The highest BCUT2D eigenvalue weighted by molar-refractivity contribution is 7.89. The number of nitrogens with zero attached hydrogens (tertiary/aromatic N) is 3. The maximum atomic E-state index is 14.3. The fraction of sp³-hybridized carbons (Fsp3) is 0.474. The molecule has 2 fully saturated rings. The Balaban J connectivity index is 1.46. The number of ether oxygens (including phenoxy) is 2. The Morgan fingerprint density at radius 1 is 1.13 bits per heavy atom. The van der Waals surface area contributed by atoms with E-state index in [1.807, 2.05) is 5.38 Å². The van der Waals surface area contributed by atoms with Crippen molar-refractivity contribution in [2.24, 2.45) is 0 Å². The average molecular weight is 471 g/mol. The van der Waals surface area contributed by atoms with Crippen molar-refractivity contribution in [2.75, 3.05) is 57.9 Å². The highest BCUT2D eigenvalue weighted by Crippen LogP contribution is 2.23. The molecule has 31 heavy (non-hydrogen) atoms. The molecule has 0 saturated carbocycles. The number of thiazole rings is 1. The zero-order valence-corrected chi connectivity index (χ0v) is 18.4. The van der Waals surface area contributed by atoms with Gasteiger partial charge in [0.1, 0.15) is 5.82 Å². The molecular weight excluding hydrogens is 447 g/mol. The number of amides is 1. The molecule has 0 bridgehead atoms. The van der Waals surface area contributed by atoms with Gasteiger partial charge in [-0.25, -0.2) is 17.8 Å². The first kappa shape index (κ1) is 22.2. The Kier molecular flexibility index (Phi) is 6.94. The van der Waals surface area contributed by atoms with Crippen LogP contribution in [-0.2, 0) is 26.0 Å². The number of aromatic nitrogens is 1. The third kappa shape index (κ3) is 5.27. The quantitative estimate of drug-likeness (QED) is 0.681. The van der Waals surface area contributed by atoms with Crippen molar-refractivity contribution in [3.63, 3.8) is 0 Å². The van der Waals surface area contributed by atoms with Gasteiger partial charge in [0.15, 0.2) is 5.13 Å². The molecule has 12 heteroatoms. The predicted octanol–water partition coefficient (Wildman–Crippen LogP) is 1.39. The summed E-state index contributed by atoms with van der Waals surface area (Å²) >= 11 is 1.24. The Labute approximate surface area is 183 Å². The number of morpholine rings is 2. The van der Waals surface area contributed by atoms with E-state index in [4.69, 9.17) is 9.47 Å². The van der Waals surface area contributed by atoms with Gasteiger partial charge in [0.25, 0.3) is 5.91 Å². The third-order valence-corrected chi connectivity index (χ3v) is 7.75. The fourth-order valence-electron chi connectivity index (χ4n) is 3.36. The maximum Gasteiger partial charge on any atom is 0.260 e. The van der Waals surface area contributed by atoms with Crippen molar-refractivity contribution in [1.82, 2.24) is 14.2 Å². The van der Waals surface area contributed by atoms with Gasteiger partial charge < -0.3 is 9.47 Å². The van der Waals surface area contributed by atoms with Gasteiger partial charge in [-0.3, -0.25) is 15.0 Å². The number of rotatable bonds is 6. The Hall–Kier alpha value is -1.96. The van der Waals surface area contributed by atoms with E-state index >= 15 is 0 Å². The van der Waals surface area contributed by atoms with E-state index < -0.39 is 21.7 Å². The SMILES string of the molecule is O=C(Nc1nc(CN2CCOCC2)cs1)c1cc(S(=O)(=O)N2CCOCC2)ccc1F. The number of carbonyl (C=O) groups excluding carboxylic acids is 1. The van der Waals surface area contributed by atoms with Crippen molar-refractivity contribution in [3.8, 4) is 0 Å². The van der Waals surface area contributed by atoms with Gasteiger partial charge in [-0.2, -0.15) is 4.31 Å². The van der Waals surface area contributed by atoms with Crippen molar-refractivity contribution >= 4 is 32.4 Å². The molecule has 0 radical (unpaired) electrons. The van der Waals surface area contributed by atoms with E-state index in [0.717, 1.165) is 30.9 Å². The molecule has 0 unspecified atom stereocenters. The smallest absolute Gasteiger partial charge is 0.260 e. The van der Waals surface area contributed by atoms with Crippen molar-refractivity contribution in [2.45, 2.75) is 11.4 Å². The number of carbonyl (C=O) groups is 1. The molecule has 4 rings (SSSR count). The van der Waals surface area contributed by atoms with Gasteiger partial charge in [0.2, 0.25) is 10.0 Å².